The van der Waals surface area contributed by atoms with E-state index in [0.717, 1.165) is 42.0 Å². The number of alkyl halides is 1. The highest BCUT2D eigenvalue weighted by atomic mass is 19.1. The lowest BCUT2D eigenvalue weighted by Crippen LogP contribution is -2.00. The van der Waals surface area contributed by atoms with Crippen LogP contribution in [-0.4, -0.2) is 17.8 Å². The van der Waals surface area contributed by atoms with Gasteiger partial charge in [-0.25, -0.2) is 4.39 Å². The molecule has 0 spiro atoms. The number of pyridine rings is 1. The lowest BCUT2D eigenvalue weighted by atomic mass is 10.1. The number of aromatic nitrogens is 1. The van der Waals surface area contributed by atoms with Crippen LogP contribution in [-0.2, 0) is 6.42 Å². The molecule has 1 aromatic carbocycles. The van der Waals surface area contributed by atoms with Gasteiger partial charge in [0.1, 0.15) is 11.9 Å². The third-order valence-corrected chi connectivity index (χ3v) is 4.93. The standard InChI is InChI=1S/C24H34FNO/c1-3-5-6-7-8-9-18-27-23-15-12-21(13-16-23)24-17-11-20(19-26-24)10-14-22(25)4-2/h11-13,15-17,19,22H,3-10,14,18H2,1-2H3. The van der Waals surface area contributed by atoms with E-state index in [9.17, 15) is 4.39 Å². The van der Waals surface area contributed by atoms with Crippen molar-refractivity contribution in [1.82, 2.24) is 4.98 Å². The fourth-order valence-corrected chi connectivity index (χ4v) is 3.06. The summed E-state index contributed by atoms with van der Waals surface area (Å²) in [6.07, 6.45) is 10.7. The van der Waals surface area contributed by atoms with Gasteiger partial charge in [0.2, 0.25) is 0 Å². The highest BCUT2D eigenvalue weighted by Gasteiger charge is 2.05. The Labute approximate surface area is 164 Å². The second-order valence-electron chi connectivity index (χ2n) is 7.24. The summed E-state index contributed by atoms with van der Waals surface area (Å²) in [6, 6.07) is 12.2. The fraction of sp³-hybridized carbons (Fsp3) is 0.542. The zero-order valence-electron chi connectivity index (χ0n) is 16.9. The average molecular weight is 372 g/mol. The molecule has 2 rings (SSSR count). The molecule has 3 heteroatoms. The van der Waals surface area contributed by atoms with Gasteiger partial charge in [-0.05, 0) is 61.6 Å². The Morgan fingerprint density at radius 3 is 2.33 bits per heavy atom. The molecule has 0 aliphatic rings. The average Bonchev–Trinajstić information content (AvgIpc) is 2.72. The van der Waals surface area contributed by atoms with Crippen molar-refractivity contribution in [2.24, 2.45) is 0 Å². The number of rotatable bonds is 13. The molecule has 0 saturated carbocycles. The molecule has 2 aromatic rings. The van der Waals surface area contributed by atoms with Crippen molar-refractivity contribution in [1.29, 1.82) is 0 Å². The number of hydrogen-bond donors (Lipinski definition) is 0. The van der Waals surface area contributed by atoms with Crippen molar-refractivity contribution in [3.8, 4) is 17.0 Å². The Kier molecular flexibility index (Phi) is 9.89. The van der Waals surface area contributed by atoms with Gasteiger partial charge in [0.05, 0.1) is 12.3 Å². The topological polar surface area (TPSA) is 22.1 Å². The van der Waals surface area contributed by atoms with Crippen molar-refractivity contribution >= 4 is 0 Å². The van der Waals surface area contributed by atoms with Crippen LogP contribution >= 0.6 is 0 Å². The predicted molar refractivity (Wildman–Crippen MR) is 112 cm³/mol. The molecular weight excluding hydrogens is 337 g/mol. The molecular formula is C24H34FNO. The Morgan fingerprint density at radius 1 is 0.926 bits per heavy atom. The second kappa shape index (κ2) is 12.5. The van der Waals surface area contributed by atoms with Gasteiger partial charge in [-0.2, -0.15) is 0 Å². The summed E-state index contributed by atoms with van der Waals surface area (Å²) in [4.78, 5) is 4.53. The minimum atomic E-state index is -0.714. The molecule has 0 aliphatic carbocycles. The molecule has 0 aliphatic heterocycles. The van der Waals surface area contributed by atoms with Crippen LogP contribution in [0.5, 0.6) is 5.75 Å². The maximum Gasteiger partial charge on any atom is 0.119 e. The lowest BCUT2D eigenvalue weighted by molar-refractivity contribution is 0.304. The third kappa shape index (κ3) is 8.11. The van der Waals surface area contributed by atoms with Gasteiger partial charge in [0.25, 0.3) is 0 Å². The largest absolute Gasteiger partial charge is 0.494 e. The smallest absolute Gasteiger partial charge is 0.119 e. The maximum atomic E-state index is 13.3. The molecule has 0 radical (unpaired) electrons. The molecule has 0 saturated heterocycles. The highest BCUT2D eigenvalue weighted by Crippen LogP contribution is 2.22. The highest BCUT2D eigenvalue weighted by molar-refractivity contribution is 5.60. The first kappa shape index (κ1) is 21.4. The summed E-state index contributed by atoms with van der Waals surface area (Å²) in [6.45, 7) is 4.91. The first-order valence-corrected chi connectivity index (χ1v) is 10.5. The van der Waals surface area contributed by atoms with Crippen LogP contribution in [0, 0.1) is 0 Å². The van der Waals surface area contributed by atoms with Gasteiger partial charge in [0, 0.05) is 11.8 Å². The van der Waals surface area contributed by atoms with E-state index >= 15 is 0 Å². The molecule has 1 aromatic heterocycles. The first-order valence-electron chi connectivity index (χ1n) is 10.5. The molecule has 2 nitrogen and oxygen atoms in total. The summed E-state index contributed by atoms with van der Waals surface area (Å²) >= 11 is 0. The maximum absolute atomic E-state index is 13.3. The van der Waals surface area contributed by atoms with Crippen LogP contribution in [0.1, 0.15) is 70.8 Å². The minimum absolute atomic E-state index is 0.572. The molecule has 1 unspecified atom stereocenters. The third-order valence-electron chi connectivity index (χ3n) is 4.93. The van der Waals surface area contributed by atoms with Crippen LogP contribution in [0.3, 0.4) is 0 Å². The monoisotopic (exact) mass is 371 g/mol. The summed E-state index contributed by atoms with van der Waals surface area (Å²) in [5, 5.41) is 0. The van der Waals surface area contributed by atoms with Crippen LogP contribution < -0.4 is 4.74 Å². The van der Waals surface area contributed by atoms with Crippen molar-refractivity contribution in [3.63, 3.8) is 0 Å². The Hall–Kier alpha value is -1.90. The molecule has 27 heavy (non-hydrogen) atoms. The molecule has 0 N–H and O–H groups in total. The number of aryl methyl sites for hydroxylation is 1. The van der Waals surface area contributed by atoms with Gasteiger partial charge < -0.3 is 4.74 Å². The first-order chi connectivity index (χ1) is 13.2. The Balaban J connectivity index is 1.75. The van der Waals surface area contributed by atoms with Gasteiger partial charge in [0.15, 0.2) is 0 Å². The molecule has 1 atom stereocenters. The van der Waals surface area contributed by atoms with E-state index in [1.807, 2.05) is 49.5 Å². The Morgan fingerprint density at radius 2 is 1.67 bits per heavy atom. The van der Waals surface area contributed by atoms with Crippen LogP contribution in [0.2, 0.25) is 0 Å². The van der Waals surface area contributed by atoms with Gasteiger partial charge in [-0.1, -0.05) is 52.0 Å². The fourth-order valence-electron chi connectivity index (χ4n) is 3.06. The van der Waals surface area contributed by atoms with Crippen LogP contribution in [0.25, 0.3) is 11.3 Å². The van der Waals surface area contributed by atoms with E-state index in [2.05, 4.69) is 11.9 Å². The SMILES string of the molecule is CCCCCCCCOc1ccc(-c2ccc(CCC(F)CC)cn2)cc1. The number of halogens is 1. The number of ether oxygens (including phenoxy) is 1. The number of benzene rings is 1. The zero-order chi connectivity index (χ0) is 19.3. The van der Waals surface area contributed by atoms with Crippen molar-refractivity contribution in [2.45, 2.75) is 77.8 Å². The number of nitrogens with zero attached hydrogens (tertiary/aromatic N) is 1. The molecule has 1 heterocycles. The number of unbranched alkanes of at least 4 members (excludes halogenated alkanes) is 5. The van der Waals surface area contributed by atoms with Crippen molar-refractivity contribution in [3.05, 3.63) is 48.2 Å². The van der Waals surface area contributed by atoms with Crippen LogP contribution in [0.4, 0.5) is 4.39 Å². The van der Waals surface area contributed by atoms with Crippen LogP contribution in [0.15, 0.2) is 42.6 Å². The molecule has 148 valence electrons. The predicted octanol–water partition coefficient (Wildman–Crippen LogP) is 7.17. The minimum Gasteiger partial charge on any atom is -0.494 e. The van der Waals surface area contributed by atoms with Gasteiger partial charge >= 0.3 is 0 Å². The Bertz CT molecular complexity index is 624. The molecule has 0 bridgehead atoms. The summed E-state index contributed by atoms with van der Waals surface area (Å²) in [7, 11) is 0. The number of hydrogen-bond acceptors (Lipinski definition) is 2. The lowest BCUT2D eigenvalue weighted by Gasteiger charge is -2.08. The van der Waals surface area contributed by atoms with Crippen molar-refractivity contribution in [2.75, 3.05) is 6.61 Å². The van der Waals surface area contributed by atoms with Gasteiger partial charge in [-0.3, -0.25) is 4.98 Å². The van der Waals surface area contributed by atoms with E-state index in [-0.39, 0.29) is 0 Å². The summed E-state index contributed by atoms with van der Waals surface area (Å²) < 4.78 is 19.2. The van der Waals surface area contributed by atoms with E-state index < -0.39 is 6.17 Å². The normalized spacial score (nSPS) is 12.1. The van der Waals surface area contributed by atoms with E-state index in [0.29, 0.717) is 12.8 Å². The molecule has 0 amide bonds. The van der Waals surface area contributed by atoms with Gasteiger partial charge in [-0.15, -0.1) is 0 Å². The van der Waals surface area contributed by atoms with E-state index in [1.54, 1.807) is 0 Å². The van der Waals surface area contributed by atoms with E-state index in [1.165, 1.54) is 32.1 Å². The van der Waals surface area contributed by atoms with E-state index in [4.69, 9.17) is 4.74 Å². The summed E-state index contributed by atoms with van der Waals surface area (Å²) in [5.74, 6) is 0.914. The second-order valence-corrected chi connectivity index (χ2v) is 7.24. The molecule has 0 fully saturated rings. The summed E-state index contributed by atoms with van der Waals surface area (Å²) in [5.41, 5.74) is 3.10. The quantitative estimate of drug-likeness (QED) is 0.348. The zero-order valence-corrected chi connectivity index (χ0v) is 16.9. The van der Waals surface area contributed by atoms with Crippen molar-refractivity contribution < 1.29 is 9.13 Å².